The Morgan fingerprint density at radius 1 is 1.43 bits per heavy atom. The molecule has 21 heavy (non-hydrogen) atoms. The topological polar surface area (TPSA) is 103 Å². The molecule has 0 saturated heterocycles. The van der Waals surface area contributed by atoms with Gasteiger partial charge in [-0.1, -0.05) is 6.07 Å². The zero-order valence-corrected chi connectivity index (χ0v) is 10.7. The third kappa shape index (κ3) is 3.11. The lowest BCUT2D eigenvalue weighted by Gasteiger charge is -2.07. The maximum atomic E-state index is 13.6. The van der Waals surface area contributed by atoms with Crippen molar-refractivity contribution in [3.05, 3.63) is 57.5 Å². The molecule has 2 aromatic rings. The van der Waals surface area contributed by atoms with Crippen LogP contribution in [-0.2, 0) is 0 Å². The molecule has 1 aromatic carbocycles. The van der Waals surface area contributed by atoms with E-state index in [9.17, 15) is 19.3 Å². The van der Waals surface area contributed by atoms with Crippen LogP contribution in [0.5, 0.6) is 11.6 Å². The molecule has 0 aliphatic carbocycles. The van der Waals surface area contributed by atoms with Crippen LogP contribution in [0.1, 0.15) is 15.9 Å². The van der Waals surface area contributed by atoms with Crippen LogP contribution < -0.4 is 4.74 Å². The molecule has 7 nitrogen and oxygen atoms in total. The van der Waals surface area contributed by atoms with Crippen LogP contribution in [0.25, 0.3) is 0 Å². The zero-order chi connectivity index (χ0) is 15.6. The summed E-state index contributed by atoms with van der Waals surface area (Å²) in [5, 5.41) is 19.7. The Morgan fingerprint density at radius 2 is 2.14 bits per heavy atom. The average molecular weight is 292 g/mol. The summed E-state index contributed by atoms with van der Waals surface area (Å²) >= 11 is 0. The number of aromatic carboxylic acids is 1. The van der Waals surface area contributed by atoms with Gasteiger partial charge < -0.3 is 9.84 Å². The van der Waals surface area contributed by atoms with Gasteiger partial charge in [-0.2, -0.15) is 0 Å². The Hall–Kier alpha value is -3.03. The largest absolute Gasteiger partial charge is 0.478 e. The molecule has 1 aromatic heterocycles. The third-order valence-corrected chi connectivity index (χ3v) is 2.57. The lowest BCUT2D eigenvalue weighted by atomic mass is 10.2. The molecule has 0 bridgehead atoms. The molecule has 0 fully saturated rings. The van der Waals surface area contributed by atoms with E-state index in [4.69, 9.17) is 9.84 Å². The van der Waals surface area contributed by atoms with Crippen molar-refractivity contribution in [2.75, 3.05) is 0 Å². The van der Waals surface area contributed by atoms with Gasteiger partial charge in [0, 0.05) is 12.3 Å². The minimum Gasteiger partial charge on any atom is -0.478 e. The van der Waals surface area contributed by atoms with Gasteiger partial charge in [-0.25, -0.2) is 14.2 Å². The van der Waals surface area contributed by atoms with Crippen molar-refractivity contribution in [2.24, 2.45) is 0 Å². The first kappa shape index (κ1) is 14.4. The fraction of sp³-hybridized carbons (Fsp3) is 0.0769. The summed E-state index contributed by atoms with van der Waals surface area (Å²) in [4.78, 5) is 24.4. The maximum absolute atomic E-state index is 13.6. The van der Waals surface area contributed by atoms with Crippen molar-refractivity contribution in [2.45, 2.75) is 6.92 Å². The van der Waals surface area contributed by atoms with Gasteiger partial charge in [-0.15, -0.1) is 0 Å². The highest BCUT2D eigenvalue weighted by atomic mass is 19.1. The van der Waals surface area contributed by atoms with Gasteiger partial charge in [0.25, 0.3) is 5.88 Å². The highest BCUT2D eigenvalue weighted by Crippen LogP contribution is 2.31. The predicted molar refractivity (Wildman–Crippen MR) is 69.1 cm³/mol. The van der Waals surface area contributed by atoms with Gasteiger partial charge in [0.1, 0.15) is 0 Å². The van der Waals surface area contributed by atoms with Crippen molar-refractivity contribution in [1.82, 2.24) is 4.98 Å². The average Bonchev–Trinajstić information content (AvgIpc) is 2.42. The monoisotopic (exact) mass is 292 g/mol. The maximum Gasteiger partial charge on any atom is 0.337 e. The standard InChI is InChI=1S/C13H9FN2O5/c1-7-2-3-9(14)11(4-7)21-12-10(16(19)20)5-8(6-15-12)13(17)18/h2-6H,1H3,(H,17,18). The van der Waals surface area contributed by atoms with Gasteiger partial charge in [-0.3, -0.25) is 10.1 Å². The SMILES string of the molecule is Cc1ccc(F)c(Oc2ncc(C(=O)O)cc2[N+](=O)[O-])c1. The van der Waals surface area contributed by atoms with Crippen LogP contribution >= 0.6 is 0 Å². The minimum absolute atomic E-state index is 0.228. The summed E-state index contributed by atoms with van der Waals surface area (Å²) < 4.78 is 18.7. The molecule has 0 aliphatic rings. The Kier molecular flexibility index (Phi) is 3.79. The summed E-state index contributed by atoms with van der Waals surface area (Å²) in [5.74, 6) is -2.78. The van der Waals surface area contributed by atoms with Gasteiger partial charge in [0.2, 0.25) is 0 Å². The van der Waals surface area contributed by atoms with E-state index in [0.717, 1.165) is 18.3 Å². The number of rotatable bonds is 4. The number of benzene rings is 1. The molecule has 1 N–H and O–H groups in total. The third-order valence-electron chi connectivity index (χ3n) is 2.57. The number of aromatic nitrogens is 1. The number of carboxylic acid groups (broad SMARTS) is 1. The number of hydrogen-bond acceptors (Lipinski definition) is 5. The lowest BCUT2D eigenvalue weighted by molar-refractivity contribution is -0.386. The van der Waals surface area contributed by atoms with E-state index in [1.54, 1.807) is 6.92 Å². The number of halogens is 1. The highest BCUT2D eigenvalue weighted by molar-refractivity contribution is 5.88. The van der Waals surface area contributed by atoms with Crippen molar-refractivity contribution in [3.8, 4) is 11.6 Å². The van der Waals surface area contributed by atoms with Gasteiger partial charge in [0.15, 0.2) is 11.6 Å². The number of pyridine rings is 1. The van der Waals surface area contributed by atoms with E-state index in [1.807, 2.05) is 0 Å². The summed E-state index contributed by atoms with van der Waals surface area (Å²) in [6.07, 6.45) is 0.901. The first-order valence-corrected chi connectivity index (χ1v) is 5.70. The second-order valence-corrected chi connectivity index (χ2v) is 4.15. The van der Waals surface area contributed by atoms with E-state index >= 15 is 0 Å². The molecule has 0 amide bonds. The Bertz CT molecular complexity index is 732. The summed E-state index contributed by atoms with van der Waals surface area (Å²) in [7, 11) is 0. The Balaban J connectivity index is 2.46. The predicted octanol–water partition coefficient (Wildman–Crippen LogP) is 2.93. The molecule has 0 atom stereocenters. The van der Waals surface area contributed by atoms with Crippen LogP contribution in [0.15, 0.2) is 30.5 Å². The van der Waals surface area contributed by atoms with Crippen LogP contribution in [0.2, 0.25) is 0 Å². The Labute approximate surface area is 117 Å². The van der Waals surface area contributed by atoms with E-state index < -0.39 is 28.3 Å². The fourth-order valence-electron chi connectivity index (χ4n) is 1.56. The van der Waals surface area contributed by atoms with Crippen molar-refractivity contribution in [1.29, 1.82) is 0 Å². The van der Waals surface area contributed by atoms with Gasteiger partial charge in [-0.05, 0) is 24.6 Å². The normalized spacial score (nSPS) is 10.2. The minimum atomic E-state index is -1.36. The summed E-state index contributed by atoms with van der Waals surface area (Å²) in [6.45, 7) is 1.70. The molecule has 8 heteroatoms. The fourth-order valence-corrected chi connectivity index (χ4v) is 1.56. The van der Waals surface area contributed by atoms with Crippen molar-refractivity contribution in [3.63, 3.8) is 0 Å². The van der Waals surface area contributed by atoms with Crippen LogP contribution in [0.3, 0.4) is 0 Å². The second kappa shape index (κ2) is 5.53. The summed E-state index contributed by atoms with van der Waals surface area (Å²) in [5.41, 5.74) is -0.328. The van der Waals surface area contributed by atoms with Gasteiger partial charge in [0.05, 0.1) is 10.5 Å². The number of aryl methyl sites for hydroxylation is 1. The number of hydrogen-bond donors (Lipinski definition) is 1. The van der Waals surface area contributed by atoms with Crippen LogP contribution in [0.4, 0.5) is 10.1 Å². The number of nitro groups is 1. The molecule has 0 saturated carbocycles. The first-order valence-electron chi connectivity index (χ1n) is 5.70. The van der Waals surface area contributed by atoms with Gasteiger partial charge >= 0.3 is 11.7 Å². The zero-order valence-electron chi connectivity index (χ0n) is 10.7. The number of nitrogens with zero attached hydrogens (tertiary/aromatic N) is 2. The highest BCUT2D eigenvalue weighted by Gasteiger charge is 2.21. The smallest absolute Gasteiger partial charge is 0.337 e. The van der Waals surface area contributed by atoms with E-state index in [1.165, 1.54) is 12.1 Å². The molecule has 2 rings (SSSR count). The molecule has 108 valence electrons. The Morgan fingerprint density at radius 3 is 2.76 bits per heavy atom. The molecular weight excluding hydrogens is 283 g/mol. The van der Waals surface area contributed by atoms with Crippen LogP contribution in [-0.4, -0.2) is 21.0 Å². The summed E-state index contributed by atoms with van der Waals surface area (Å²) in [6, 6.07) is 4.82. The molecule has 0 unspecified atom stereocenters. The molecule has 0 spiro atoms. The molecule has 0 aliphatic heterocycles. The van der Waals surface area contributed by atoms with E-state index in [2.05, 4.69) is 4.98 Å². The molecule has 0 radical (unpaired) electrons. The molecule has 1 heterocycles. The second-order valence-electron chi connectivity index (χ2n) is 4.15. The van der Waals surface area contributed by atoms with E-state index in [0.29, 0.717) is 5.56 Å². The lowest BCUT2D eigenvalue weighted by Crippen LogP contribution is -2.02. The number of ether oxygens (including phenoxy) is 1. The first-order chi connectivity index (χ1) is 9.88. The van der Waals surface area contributed by atoms with Crippen molar-refractivity contribution < 1.29 is 24.0 Å². The number of carboxylic acids is 1. The van der Waals surface area contributed by atoms with Crippen molar-refractivity contribution >= 4 is 11.7 Å². The number of carbonyl (C=O) groups is 1. The molecular formula is C13H9FN2O5. The quantitative estimate of drug-likeness (QED) is 0.686. The van der Waals surface area contributed by atoms with Crippen LogP contribution in [0, 0.1) is 22.9 Å². The van der Waals surface area contributed by atoms with E-state index in [-0.39, 0.29) is 11.3 Å².